The van der Waals surface area contributed by atoms with Crippen LogP contribution in [-0.2, 0) is 6.54 Å². The van der Waals surface area contributed by atoms with Gasteiger partial charge in [-0.05, 0) is 51.1 Å². The molecule has 0 unspecified atom stereocenters. The second-order valence-corrected chi connectivity index (χ2v) is 5.56. The molecule has 0 radical (unpaired) electrons. The molecule has 0 saturated carbocycles. The zero-order valence-electron chi connectivity index (χ0n) is 14.5. The highest BCUT2D eigenvalue weighted by molar-refractivity contribution is 5.92. The fraction of sp³-hybridized carbons (Fsp3) is 0.316. The van der Waals surface area contributed by atoms with Crippen molar-refractivity contribution in [1.29, 1.82) is 0 Å². The molecule has 2 aromatic rings. The number of guanidine groups is 1. The lowest BCUT2D eigenvalue weighted by atomic mass is 10.2. The van der Waals surface area contributed by atoms with E-state index in [1.54, 1.807) is 0 Å². The second kappa shape index (κ2) is 8.82. The van der Waals surface area contributed by atoms with E-state index >= 15 is 0 Å². The maximum atomic E-state index is 5.96. The van der Waals surface area contributed by atoms with E-state index in [1.165, 1.54) is 0 Å². The maximum absolute atomic E-state index is 5.96. The second-order valence-electron chi connectivity index (χ2n) is 5.56. The molecule has 0 amide bonds. The fourth-order valence-corrected chi connectivity index (χ4v) is 2.18. The van der Waals surface area contributed by atoms with E-state index < -0.39 is 0 Å². The van der Waals surface area contributed by atoms with Crippen LogP contribution in [-0.4, -0.2) is 18.7 Å². The number of rotatable bonds is 7. The van der Waals surface area contributed by atoms with Gasteiger partial charge in [-0.2, -0.15) is 0 Å². The van der Waals surface area contributed by atoms with E-state index in [0.717, 1.165) is 22.7 Å². The van der Waals surface area contributed by atoms with Gasteiger partial charge in [-0.15, -0.1) is 0 Å². The smallest absolute Gasteiger partial charge is 0.193 e. The van der Waals surface area contributed by atoms with Crippen molar-refractivity contribution in [3.63, 3.8) is 0 Å². The normalized spacial score (nSPS) is 11.4. The van der Waals surface area contributed by atoms with Gasteiger partial charge in [0.15, 0.2) is 5.96 Å². The Morgan fingerprint density at radius 1 is 1.12 bits per heavy atom. The van der Waals surface area contributed by atoms with Crippen molar-refractivity contribution in [2.75, 3.05) is 11.9 Å². The Balaban J connectivity index is 1.97. The molecule has 0 bridgehead atoms. The number of nitrogens with zero attached hydrogens (tertiary/aromatic N) is 1. The summed E-state index contributed by atoms with van der Waals surface area (Å²) < 4.78 is 11.2. The van der Waals surface area contributed by atoms with Gasteiger partial charge < -0.3 is 20.5 Å². The zero-order chi connectivity index (χ0) is 17.4. The van der Waals surface area contributed by atoms with Gasteiger partial charge in [0.05, 0.1) is 19.3 Å². The summed E-state index contributed by atoms with van der Waals surface area (Å²) >= 11 is 0. The van der Waals surface area contributed by atoms with Gasteiger partial charge in [0.25, 0.3) is 0 Å². The van der Waals surface area contributed by atoms with Crippen LogP contribution in [0.25, 0.3) is 0 Å². The number of nitrogens with two attached hydrogens (primary N) is 1. The van der Waals surface area contributed by atoms with Gasteiger partial charge in [0.2, 0.25) is 0 Å². The van der Waals surface area contributed by atoms with Crippen LogP contribution in [0, 0.1) is 0 Å². The lowest BCUT2D eigenvalue weighted by molar-refractivity contribution is 0.242. The highest BCUT2D eigenvalue weighted by Gasteiger charge is 2.03. The van der Waals surface area contributed by atoms with E-state index in [4.69, 9.17) is 15.2 Å². The maximum Gasteiger partial charge on any atom is 0.193 e. The van der Waals surface area contributed by atoms with Crippen molar-refractivity contribution in [3.05, 3.63) is 54.1 Å². The summed E-state index contributed by atoms with van der Waals surface area (Å²) in [6.45, 7) is 7.04. The van der Waals surface area contributed by atoms with Crippen LogP contribution in [0.15, 0.2) is 53.5 Å². The largest absolute Gasteiger partial charge is 0.494 e. The lowest BCUT2D eigenvalue weighted by Gasteiger charge is -2.11. The number of hydrogen-bond acceptors (Lipinski definition) is 3. The highest BCUT2D eigenvalue weighted by Crippen LogP contribution is 2.19. The summed E-state index contributed by atoms with van der Waals surface area (Å²) in [5.41, 5.74) is 7.83. The van der Waals surface area contributed by atoms with Gasteiger partial charge in [0, 0.05) is 11.3 Å². The van der Waals surface area contributed by atoms with E-state index in [-0.39, 0.29) is 6.10 Å². The molecule has 0 aliphatic heterocycles. The predicted octanol–water partition coefficient (Wildman–Crippen LogP) is 3.80. The van der Waals surface area contributed by atoms with Crippen molar-refractivity contribution in [2.24, 2.45) is 10.7 Å². The summed E-state index contributed by atoms with van der Waals surface area (Å²) in [7, 11) is 0. The Morgan fingerprint density at radius 2 is 1.83 bits per heavy atom. The number of anilines is 1. The first-order chi connectivity index (χ1) is 11.6. The van der Waals surface area contributed by atoms with Crippen molar-refractivity contribution in [1.82, 2.24) is 0 Å². The molecule has 0 saturated heterocycles. The summed E-state index contributed by atoms with van der Waals surface area (Å²) in [6.07, 6.45) is 0.154. The molecule has 0 aliphatic carbocycles. The van der Waals surface area contributed by atoms with Crippen molar-refractivity contribution in [2.45, 2.75) is 33.4 Å². The van der Waals surface area contributed by atoms with Crippen LogP contribution >= 0.6 is 0 Å². The van der Waals surface area contributed by atoms with E-state index in [1.807, 2.05) is 69.3 Å². The van der Waals surface area contributed by atoms with Gasteiger partial charge in [-0.1, -0.05) is 18.2 Å². The van der Waals surface area contributed by atoms with E-state index in [0.29, 0.717) is 19.1 Å². The van der Waals surface area contributed by atoms with Gasteiger partial charge >= 0.3 is 0 Å². The molecule has 0 aliphatic rings. The van der Waals surface area contributed by atoms with Gasteiger partial charge in [-0.25, -0.2) is 4.99 Å². The molecule has 3 N–H and O–H groups in total. The fourth-order valence-electron chi connectivity index (χ4n) is 2.18. The van der Waals surface area contributed by atoms with Crippen LogP contribution in [0.3, 0.4) is 0 Å². The minimum atomic E-state index is 0.154. The number of para-hydroxylation sites is 1. The zero-order valence-corrected chi connectivity index (χ0v) is 14.5. The molecule has 5 heteroatoms. The third kappa shape index (κ3) is 5.50. The number of aliphatic imine (C=N–C) groups is 1. The van der Waals surface area contributed by atoms with Crippen LogP contribution in [0.5, 0.6) is 11.5 Å². The summed E-state index contributed by atoms with van der Waals surface area (Å²) in [4.78, 5) is 4.38. The number of ether oxygens (including phenoxy) is 2. The molecule has 5 nitrogen and oxygen atoms in total. The van der Waals surface area contributed by atoms with Crippen molar-refractivity contribution < 1.29 is 9.47 Å². The summed E-state index contributed by atoms with van der Waals surface area (Å²) in [5, 5.41) is 3.08. The summed E-state index contributed by atoms with van der Waals surface area (Å²) in [5.74, 6) is 2.03. The molecular weight excluding hydrogens is 302 g/mol. The molecule has 0 atom stereocenters. The first-order valence-corrected chi connectivity index (χ1v) is 8.13. The van der Waals surface area contributed by atoms with E-state index in [9.17, 15) is 0 Å². The molecule has 0 aromatic heterocycles. The predicted molar refractivity (Wildman–Crippen MR) is 98.8 cm³/mol. The van der Waals surface area contributed by atoms with Crippen LogP contribution in [0.2, 0.25) is 0 Å². The molecule has 24 heavy (non-hydrogen) atoms. The van der Waals surface area contributed by atoms with Gasteiger partial charge in [-0.3, -0.25) is 0 Å². The average molecular weight is 327 g/mol. The number of hydrogen-bond donors (Lipinski definition) is 2. The van der Waals surface area contributed by atoms with Crippen LogP contribution < -0.4 is 20.5 Å². The molecule has 0 fully saturated rings. The lowest BCUT2D eigenvalue weighted by Crippen LogP contribution is -2.22. The molecular formula is C19H25N3O2. The Kier molecular flexibility index (Phi) is 6.49. The third-order valence-electron chi connectivity index (χ3n) is 3.19. The minimum absolute atomic E-state index is 0.154. The Labute approximate surface area is 143 Å². The minimum Gasteiger partial charge on any atom is -0.494 e. The first kappa shape index (κ1) is 17.7. The first-order valence-electron chi connectivity index (χ1n) is 8.13. The Hall–Kier alpha value is -2.69. The topological polar surface area (TPSA) is 68.9 Å². The summed E-state index contributed by atoms with van der Waals surface area (Å²) in [6, 6.07) is 15.5. The van der Waals surface area contributed by atoms with Crippen LogP contribution in [0.1, 0.15) is 26.3 Å². The monoisotopic (exact) mass is 327 g/mol. The molecule has 2 rings (SSSR count). The average Bonchev–Trinajstić information content (AvgIpc) is 2.56. The Morgan fingerprint density at radius 3 is 2.50 bits per heavy atom. The van der Waals surface area contributed by atoms with Crippen molar-refractivity contribution >= 4 is 11.6 Å². The molecule has 0 spiro atoms. The van der Waals surface area contributed by atoms with Crippen LogP contribution in [0.4, 0.5) is 5.69 Å². The Bertz CT molecular complexity index is 667. The molecule has 2 aromatic carbocycles. The quantitative estimate of drug-likeness (QED) is 0.599. The number of nitrogens with one attached hydrogen (secondary N) is 1. The number of benzene rings is 2. The third-order valence-corrected chi connectivity index (χ3v) is 3.19. The molecule has 128 valence electrons. The van der Waals surface area contributed by atoms with Gasteiger partial charge in [0.1, 0.15) is 11.5 Å². The highest BCUT2D eigenvalue weighted by atomic mass is 16.5. The van der Waals surface area contributed by atoms with E-state index in [2.05, 4.69) is 10.3 Å². The SMILES string of the molecule is CCOc1ccccc1CN=C(N)Nc1ccc(OC(C)C)cc1. The standard InChI is InChI=1S/C19H25N3O2/c1-4-23-18-8-6-5-7-15(18)13-21-19(20)22-16-9-11-17(12-10-16)24-14(2)3/h5-12,14H,4,13H2,1-3H3,(H3,20,21,22). The molecule has 0 heterocycles. The van der Waals surface area contributed by atoms with Crippen molar-refractivity contribution in [3.8, 4) is 11.5 Å².